The first kappa shape index (κ1) is 34.7. The first-order chi connectivity index (χ1) is 13.3. The Morgan fingerprint density at radius 1 is 1.00 bits per heavy atom. The molecule has 11 heteroatoms. The van der Waals surface area contributed by atoms with Gasteiger partial charge < -0.3 is 15.3 Å². The first-order valence-electron chi connectivity index (χ1n) is 8.17. The third-order valence-corrected chi connectivity index (χ3v) is 3.71. The van der Waals surface area contributed by atoms with Crippen molar-refractivity contribution in [3.8, 4) is 5.75 Å². The molecule has 0 saturated carbocycles. The number of alkyl halides is 6. The molecule has 4 nitrogen and oxygen atoms in total. The number of aliphatic hydroxyl groups is 1. The van der Waals surface area contributed by atoms with E-state index in [0.29, 0.717) is 16.9 Å². The Morgan fingerprint density at radius 3 is 1.77 bits per heavy atom. The van der Waals surface area contributed by atoms with Gasteiger partial charge in [0.05, 0.1) is 12.7 Å². The Morgan fingerprint density at radius 2 is 1.42 bits per heavy atom. The average molecular weight is 480 g/mol. The van der Waals surface area contributed by atoms with Gasteiger partial charge in [0, 0.05) is 0 Å². The number of carbonyl (C=O) groups is 1. The number of Topliss-reactive ketones (excluding diaryl/α,β-unsaturated/α-hetero) is 1. The number of ether oxygens (including phenoxy) is 1. The molecule has 2 aromatic rings. The van der Waals surface area contributed by atoms with Crippen LogP contribution in [0.4, 0.5) is 26.3 Å². The second kappa shape index (κ2) is 15.8. The summed E-state index contributed by atoms with van der Waals surface area (Å²) in [7, 11) is 1.56. The van der Waals surface area contributed by atoms with E-state index in [0.717, 1.165) is 6.92 Å². The Hall–Kier alpha value is -0.954. The second-order valence-corrected chi connectivity index (χ2v) is 5.89. The normalized spacial score (nSPS) is 11.9. The molecule has 1 atom stereocenters. The number of rotatable bonds is 3. The molecule has 0 bridgehead atoms. The summed E-state index contributed by atoms with van der Waals surface area (Å²) in [4.78, 5) is 10.9. The van der Waals surface area contributed by atoms with Crippen molar-refractivity contribution in [3.05, 3.63) is 65.2 Å². The van der Waals surface area contributed by atoms with Gasteiger partial charge >= 0.3 is 64.2 Å². The number of aryl methyl sites for hydroxylation is 1. The molecule has 2 N–H and O–H groups in total. The van der Waals surface area contributed by atoms with Crippen molar-refractivity contribution in [2.75, 3.05) is 7.11 Å². The van der Waals surface area contributed by atoms with Crippen LogP contribution in [0.2, 0.25) is 0 Å². The summed E-state index contributed by atoms with van der Waals surface area (Å²) in [6, 6.07) is 13.1. The summed E-state index contributed by atoms with van der Waals surface area (Å²) >= 11 is 0. The quantitative estimate of drug-likeness (QED) is 0.417. The van der Waals surface area contributed by atoms with Crippen LogP contribution in [0.1, 0.15) is 35.3 Å². The van der Waals surface area contributed by atoms with Crippen LogP contribution in [0, 0.1) is 6.92 Å². The van der Waals surface area contributed by atoms with E-state index in [1.54, 1.807) is 25.3 Å². The minimum Gasteiger partial charge on any atom is -0.870 e. The zero-order valence-electron chi connectivity index (χ0n) is 17.7. The third-order valence-electron chi connectivity index (χ3n) is 3.71. The Kier molecular flexibility index (Phi) is 17.6. The van der Waals surface area contributed by atoms with E-state index in [9.17, 15) is 36.2 Å². The van der Waals surface area contributed by atoms with Crippen LogP contribution < -0.4 is 56.1 Å². The largest absolute Gasteiger partial charge is 1.00 e. The SMILES string of the molecule is COc1ccccc1C(C)=O.Cc1ccccc1C(C)(O)C(F)(F)F.FC(F)F.[K+].[OH-]. The number of ketones is 1. The van der Waals surface area contributed by atoms with E-state index in [4.69, 9.17) is 4.74 Å². The fraction of sp³-hybridized carbons (Fsp3) is 0.350. The molecule has 0 heterocycles. The van der Waals surface area contributed by atoms with Crippen LogP contribution in [-0.4, -0.2) is 36.3 Å². The average Bonchev–Trinajstić information content (AvgIpc) is 2.61. The molecule has 31 heavy (non-hydrogen) atoms. The molecule has 2 rings (SSSR count). The molecular weight excluding hydrogens is 457 g/mol. The summed E-state index contributed by atoms with van der Waals surface area (Å²) in [5.41, 5.74) is -1.82. The van der Waals surface area contributed by atoms with E-state index in [1.807, 2.05) is 12.1 Å². The third kappa shape index (κ3) is 12.0. The van der Waals surface area contributed by atoms with E-state index < -0.39 is 18.5 Å². The molecule has 0 fully saturated rings. The second-order valence-electron chi connectivity index (χ2n) is 5.89. The first-order valence-corrected chi connectivity index (χ1v) is 8.17. The number of para-hydroxylation sites is 1. The van der Waals surface area contributed by atoms with Crippen LogP contribution in [0.15, 0.2) is 48.5 Å². The molecule has 0 spiro atoms. The Bertz CT molecular complexity index is 780. The van der Waals surface area contributed by atoms with Gasteiger partial charge in [0.15, 0.2) is 11.4 Å². The topological polar surface area (TPSA) is 76.5 Å². The van der Waals surface area contributed by atoms with Crippen LogP contribution in [0.5, 0.6) is 5.75 Å². The number of benzene rings is 2. The number of halogens is 6. The monoisotopic (exact) mass is 480 g/mol. The van der Waals surface area contributed by atoms with Gasteiger partial charge in [-0.3, -0.25) is 4.79 Å². The number of hydrogen-bond donors (Lipinski definition) is 1. The van der Waals surface area contributed by atoms with Gasteiger partial charge in [0.25, 0.3) is 0 Å². The number of carbonyl (C=O) groups excluding carboxylic acids is 1. The van der Waals surface area contributed by atoms with E-state index in [1.165, 1.54) is 32.0 Å². The van der Waals surface area contributed by atoms with Crippen molar-refractivity contribution in [2.45, 2.75) is 39.2 Å². The zero-order valence-corrected chi connectivity index (χ0v) is 20.8. The van der Waals surface area contributed by atoms with Gasteiger partial charge in [-0.05, 0) is 44.0 Å². The summed E-state index contributed by atoms with van der Waals surface area (Å²) in [5.74, 6) is 0.669. The van der Waals surface area contributed by atoms with Crippen LogP contribution in [0.3, 0.4) is 0 Å². The molecule has 0 saturated heterocycles. The van der Waals surface area contributed by atoms with Crippen LogP contribution >= 0.6 is 0 Å². The van der Waals surface area contributed by atoms with Crippen molar-refractivity contribution >= 4 is 5.78 Å². The van der Waals surface area contributed by atoms with E-state index in [-0.39, 0.29) is 68.2 Å². The Balaban J connectivity index is -0.000000416. The fourth-order valence-electron chi connectivity index (χ4n) is 2.21. The molecule has 0 radical (unpaired) electrons. The maximum absolute atomic E-state index is 12.4. The molecule has 170 valence electrons. The van der Waals surface area contributed by atoms with Crippen molar-refractivity contribution in [1.29, 1.82) is 0 Å². The summed E-state index contributed by atoms with van der Waals surface area (Å²) in [5, 5.41) is 9.38. The molecule has 0 aliphatic heterocycles. The molecule has 0 aliphatic rings. The minimum absolute atomic E-state index is 0. The predicted octanol–water partition coefficient (Wildman–Crippen LogP) is 2.67. The number of methoxy groups -OCH3 is 1. The number of hydrogen-bond acceptors (Lipinski definition) is 4. The Labute approximate surface area is 219 Å². The smallest absolute Gasteiger partial charge is 0.870 e. The molecular formula is C20H23F6KO4. The van der Waals surface area contributed by atoms with Crippen LogP contribution in [-0.2, 0) is 5.60 Å². The van der Waals surface area contributed by atoms with Gasteiger partial charge in [-0.1, -0.05) is 36.4 Å². The van der Waals surface area contributed by atoms with E-state index in [2.05, 4.69) is 0 Å². The van der Waals surface area contributed by atoms with Gasteiger partial charge in [-0.25, -0.2) is 0 Å². The zero-order chi connectivity index (χ0) is 22.8. The van der Waals surface area contributed by atoms with Gasteiger partial charge in [-0.15, -0.1) is 0 Å². The van der Waals surface area contributed by atoms with Crippen molar-refractivity contribution in [3.63, 3.8) is 0 Å². The minimum atomic E-state index is -4.65. The van der Waals surface area contributed by atoms with Gasteiger partial charge in [-0.2, -0.15) is 26.3 Å². The van der Waals surface area contributed by atoms with Crippen molar-refractivity contribution < 1.29 is 97.8 Å². The van der Waals surface area contributed by atoms with Crippen molar-refractivity contribution in [1.82, 2.24) is 0 Å². The predicted molar refractivity (Wildman–Crippen MR) is 98.9 cm³/mol. The molecule has 0 amide bonds. The van der Waals surface area contributed by atoms with Crippen molar-refractivity contribution in [2.24, 2.45) is 0 Å². The van der Waals surface area contributed by atoms with Gasteiger partial charge in [0.2, 0.25) is 0 Å². The summed E-state index contributed by atoms with van der Waals surface area (Å²) in [6.45, 7) is 0.155. The molecule has 2 aromatic carbocycles. The maximum atomic E-state index is 12.4. The van der Waals surface area contributed by atoms with Crippen LogP contribution in [0.25, 0.3) is 0 Å². The summed E-state index contributed by atoms with van der Waals surface area (Å²) in [6.07, 6.45) is -4.65. The fourth-order valence-corrected chi connectivity index (χ4v) is 2.21. The summed E-state index contributed by atoms with van der Waals surface area (Å²) < 4.78 is 71.3. The van der Waals surface area contributed by atoms with E-state index >= 15 is 0 Å². The van der Waals surface area contributed by atoms with Gasteiger partial charge in [0.1, 0.15) is 5.75 Å². The molecule has 0 aromatic heterocycles. The maximum Gasteiger partial charge on any atom is 1.00 e. The standard InChI is InChI=1S/C10H11F3O.C9H10O2.CHF3.K.H2O/c1-7-5-3-4-6-8(7)9(2,14)10(11,12)13;1-7(10)8-5-3-4-6-9(8)11-2;2-1(3)4;;/h3-6,14H,1-2H3;3-6H,1-2H3;1H;;1H2/q;;;+1;/p-1. The molecule has 0 aliphatic carbocycles. The molecule has 1 unspecified atom stereocenters.